The van der Waals surface area contributed by atoms with Gasteiger partial charge in [0.2, 0.25) is 0 Å². The van der Waals surface area contributed by atoms with Crippen LogP contribution >= 0.6 is 27.7 Å². The Labute approximate surface area is 124 Å². The summed E-state index contributed by atoms with van der Waals surface area (Å²) in [6, 6.07) is 7.21. The van der Waals surface area contributed by atoms with Crippen LogP contribution in [0.15, 0.2) is 27.6 Å². The normalized spacial score (nSPS) is 13.0. The van der Waals surface area contributed by atoms with Crippen LogP contribution in [0.2, 0.25) is 0 Å². The Bertz CT molecular complexity index is 366. The first-order chi connectivity index (χ1) is 8.52. The minimum Gasteiger partial charge on any atom is -0.310 e. The summed E-state index contributed by atoms with van der Waals surface area (Å²) in [6.07, 6.45) is 1.25. The summed E-state index contributed by atoms with van der Waals surface area (Å²) in [6.45, 7) is 9.84. The second-order valence-corrected chi connectivity index (χ2v) is 7.04. The van der Waals surface area contributed by atoms with Crippen molar-refractivity contribution in [2.45, 2.75) is 51.6 Å². The predicted octanol–water partition coefficient (Wildman–Crippen LogP) is 5.09. The lowest BCUT2D eigenvalue weighted by molar-refractivity contribution is 0.588. The number of hydrogen-bond acceptors (Lipinski definition) is 2. The zero-order valence-electron chi connectivity index (χ0n) is 11.8. The Morgan fingerprint density at radius 3 is 2.56 bits per heavy atom. The topological polar surface area (TPSA) is 12.0 Å². The third-order valence-electron chi connectivity index (χ3n) is 2.93. The van der Waals surface area contributed by atoms with Crippen molar-refractivity contribution in [1.29, 1.82) is 0 Å². The van der Waals surface area contributed by atoms with E-state index < -0.39 is 0 Å². The zero-order chi connectivity index (χ0) is 13.5. The molecule has 0 spiro atoms. The molecule has 1 aromatic carbocycles. The van der Waals surface area contributed by atoms with E-state index in [4.69, 9.17) is 0 Å². The van der Waals surface area contributed by atoms with Gasteiger partial charge in [-0.2, -0.15) is 0 Å². The summed E-state index contributed by atoms with van der Waals surface area (Å²) in [5.41, 5.74) is 1.34. The summed E-state index contributed by atoms with van der Waals surface area (Å²) < 4.78 is 1.22. The fraction of sp³-hybridized carbons (Fsp3) is 0.600. The number of thioether (sulfide) groups is 1. The average Bonchev–Trinajstić information content (AvgIpc) is 2.34. The van der Waals surface area contributed by atoms with E-state index in [1.54, 1.807) is 0 Å². The second-order valence-electron chi connectivity index (χ2n) is 5.12. The molecular weight excluding hydrogens is 306 g/mol. The molecule has 0 saturated carbocycles. The van der Waals surface area contributed by atoms with Crippen LogP contribution in [-0.4, -0.2) is 11.8 Å². The fourth-order valence-corrected chi connectivity index (χ4v) is 3.27. The van der Waals surface area contributed by atoms with Crippen LogP contribution < -0.4 is 5.32 Å². The monoisotopic (exact) mass is 329 g/mol. The van der Waals surface area contributed by atoms with E-state index in [9.17, 15) is 0 Å². The van der Waals surface area contributed by atoms with Crippen molar-refractivity contribution in [3.8, 4) is 0 Å². The third kappa shape index (κ3) is 5.77. The molecule has 0 fully saturated rings. The van der Waals surface area contributed by atoms with Crippen LogP contribution in [0.25, 0.3) is 0 Å². The molecule has 1 aromatic rings. The molecule has 0 bridgehead atoms. The molecule has 0 aliphatic rings. The quantitative estimate of drug-likeness (QED) is 0.699. The van der Waals surface area contributed by atoms with Crippen LogP contribution in [0.4, 0.5) is 0 Å². The summed E-state index contributed by atoms with van der Waals surface area (Å²) in [7, 11) is 0. The van der Waals surface area contributed by atoms with Crippen molar-refractivity contribution < 1.29 is 0 Å². The minimum atomic E-state index is 0.531. The van der Waals surface area contributed by atoms with Gasteiger partial charge in [-0.25, -0.2) is 0 Å². The van der Waals surface area contributed by atoms with Crippen LogP contribution in [0, 0.1) is 5.92 Å². The van der Waals surface area contributed by atoms with Crippen molar-refractivity contribution in [2.75, 3.05) is 5.75 Å². The summed E-state index contributed by atoms with van der Waals surface area (Å²) in [5.74, 6) is 1.97. The van der Waals surface area contributed by atoms with Gasteiger partial charge in [-0.3, -0.25) is 0 Å². The Morgan fingerprint density at radius 2 is 2.00 bits per heavy atom. The molecule has 3 heteroatoms. The van der Waals surface area contributed by atoms with Gasteiger partial charge in [0, 0.05) is 27.7 Å². The molecule has 18 heavy (non-hydrogen) atoms. The van der Waals surface area contributed by atoms with Gasteiger partial charge < -0.3 is 5.32 Å². The lowest BCUT2D eigenvalue weighted by Gasteiger charge is -2.12. The first-order valence-corrected chi connectivity index (χ1v) is 8.45. The molecule has 102 valence electrons. The molecule has 0 aromatic heterocycles. The maximum Gasteiger partial charge on any atom is 0.0314 e. The van der Waals surface area contributed by atoms with Gasteiger partial charge in [0.05, 0.1) is 0 Å². The largest absolute Gasteiger partial charge is 0.310 e. The average molecular weight is 330 g/mol. The Kier molecular flexibility index (Phi) is 7.35. The summed E-state index contributed by atoms with van der Waals surface area (Å²) in [5, 5.41) is 3.44. The molecule has 0 radical (unpaired) electrons. The maximum absolute atomic E-state index is 3.68. The Hall–Kier alpha value is 0.01000. The minimum absolute atomic E-state index is 0.531. The van der Waals surface area contributed by atoms with E-state index in [0.717, 1.165) is 12.5 Å². The number of halogens is 1. The molecule has 1 atom stereocenters. The van der Waals surface area contributed by atoms with Gasteiger partial charge in [0.1, 0.15) is 0 Å². The zero-order valence-corrected chi connectivity index (χ0v) is 14.2. The van der Waals surface area contributed by atoms with Crippen molar-refractivity contribution in [3.05, 3.63) is 28.2 Å². The highest BCUT2D eigenvalue weighted by Gasteiger charge is 2.05. The molecule has 0 amide bonds. The fourth-order valence-electron chi connectivity index (χ4n) is 1.44. The van der Waals surface area contributed by atoms with Crippen LogP contribution in [0.3, 0.4) is 0 Å². The number of nitrogens with one attached hydrogen (secondary N) is 1. The van der Waals surface area contributed by atoms with Gasteiger partial charge in [0.25, 0.3) is 0 Å². The third-order valence-corrected chi connectivity index (χ3v) is 5.25. The van der Waals surface area contributed by atoms with E-state index in [1.807, 2.05) is 11.8 Å². The number of rotatable bonds is 7. The maximum atomic E-state index is 3.68. The highest BCUT2D eigenvalue weighted by Crippen LogP contribution is 2.30. The second kappa shape index (κ2) is 8.23. The van der Waals surface area contributed by atoms with Gasteiger partial charge in [-0.05, 0) is 39.5 Å². The number of benzene rings is 1. The molecule has 0 aliphatic carbocycles. The van der Waals surface area contributed by atoms with Crippen molar-refractivity contribution in [1.82, 2.24) is 5.32 Å². The van der Waals surface area contributed by atoms with Crippen molar-refractivity contribution in [3.63, 3.8) is 0 Å². The van der Waals surface area contributed by atoms with E-state index >= 15 is 0 Å². The molecule has 0 aliphatic heterocycles. The van der Waals surface area contributed by atoms with Gasteiger partial charge >= 0.3 is 0 Å². The lowest BCUT2D eigenvalue weighted by Crippen LogP contribution is -2.21. The first kappa shape index (κ1) is 16.1. The van der Waals surface area contributed by atoms with Crippen LogP contribution in [0.1, 0.15) is 39.7 Å². The Balaban J connectivity index is 2.56. The summed E-state index contributed by atoms with van der Waals surface area (Å²) in [4.78, 5) is 1.35. The summed E-state index contributed by atoms with van der Waals surface area (Å²) >= 11 is 5.62. The van der Waals surface area contributed by atoms with Gasteiger partial charge in [-0.15, -0.1) is 11.8 Å². The smallest absolute Gasteiger partial charge is 0.0314 e. The van der Waals surface area contributed by atoms with E-state index in [-0.39, 0.29) is 0 Å². The molecule has 0 heterocycles. The van der Waals surface area contributed by atoms with Crippen molar-refractivity contribution >= 4 is 27.7 Å². The van der Waals surface area contributed by atoms with E-state index in [2.05, 4.69) is 67.1 Å². The molecule has 1 rings (SSSR count). The van der Waals surface area contributed by atoms with Gasteiger partial charge in [-0.1, -0.05) is 40.2 Å². The number of hydrogen-bond donors (Lipinski definition) is 1. The van der Waals surface area contributed by atoms with Crippen LogP contribution in [-0.2, 0) is 6.54 Å². The molecular formula is C15H24BrNS. The molecule has 1 nitrogen and oxygen atoms in total. The van der Waals surface area contributed by atoms with E-state index in [0.29, 0.717) is 6.04 Å². The highest BCUT2D eigenvalue weighted by atomic mass is 79.9. The first-order valence-electron chi connectivity index (χ1n) is 6.67. The molecule has 1 unspecified atom stereocenters. The van der Waals surface area contributed by atoms with Crippen molar-refractivity contribution in [2.24, 2.45) is 5.92 Å². The molecule has 1 N–H and O–H groups in total. The predicted molar refractivity (Wildman–Crippen MR) is 86.3 cm³/mol. The van der Waals surface area contributed by atoms with Crippen LogP contribution in [0.5, 0.6) is 0 Å². The standard InChI is InChI=1S/C15H24BrNS/c1-5-12(4)10-18-15-7-6-13(8-14(15)16)9-17-11(2)3/h6-8,11-12,17H,5,9-10H2,1-4H3. The van der Waals surface area contributed by atoms with E-state index in [1.165, 1.54) is 27.1 Å². The van der Waals surface area contributed by atoms with Gasteiger partial charge in [0.15, 0.2) is 0 Å². The SMILES string of the molecule is CCC(C)CSc1ccc(CNC(C)C)cc1Br. The highest BCUT2D eigenvalue weighted by molar-refractivity contribution is 9.10. The molecule has 0 saturated heterocycles. The Morgan fingerprint density at radius 1 is 1.28 bits per heavy atom. The lowest BCUT2D eigenvalue weighted by atomic mass is 10.2.